The Morgan fingerprint density at radius 1 is 1.29 bits per heavy atom. The molecule has 0 amide bonds. The smallest absolute Gasteiger partial charge is 0.324 e. The van der Waals surface area contributed by atoms with Crippen LogP contribution >= 0.6 is 11.3 Å². The molecule has 0 aromatic carbocycles. The fourth-order valence-electron chi connectivity index (χ4n) is 1.38. The first kappa shape index (κ1) is 13.4. The van der Waals surface area contributed by atoms with Gasteiger partial charge in [0.1, 0.15) is 0 Å². The van der Waals surface area contributed by atoms with E-state index in [4.69, 9.17) is 0 Å². The van der Waals surface area contributed by atoms with Crippen LogP contribution in [0.15, 0.2) is 23.1 Å². The summed E-state index contributed by atoms with van der Waals surface area (Å²) < 4.78 is 9.20. The molecule has 0 spiro atoms. The summed E-state index contributed by atoms with van der Waals surface area (Å²) >= 11 is 1.53. The maximum absolute atomic E-state index is 11.5. The molecule has 1 heterocycles. The second-order valence-corrected chi connectivity index (χ2v) is 4.36. The molecule has 1 aromatic heterocycles. The van der Waals surface area contributed by atoms with Gasteiger partial charge in [-0.3, -0.25) is 9.59 Å². The van der Waals surface area contributed by atoms with E-state index in [1.807, 2.05) is 17.5 Å². The number of ether oxygens (including phenoxy) is 2. The van der Waals surface area contributed by atoms with Crippen LogP contribution in [0.5, 0.6) is 0 Å². The highest BCUT2D eigenvalue weighted by Crippen LogP contribution is 2.20. The van der Waals surface area contributed by atoms with Gasteiger partial charge in [0, 0.05) is 4.88 Å². The molecule has 0 fully saturated rings. The predicted octanol–water partition coefficient (Wildman–Crippen LogP) is 2.11. The fraction of sp³-hybridized carbons (Fsp3) is 0.333. The number of hydrogen-bond donors (Lipinski definition) is 0. The molecule has 0 saturated carbocycles. The lowest BCUT2D eigenvalue weighted by atomic mass is 10.00. The van der Waals surface area contributed by atoms with Crippen LogP contribution in [-0.2, 0) is 19.1 Å². The van der Waals surface area contributed by atoms with Crippen LogP contribution in [0.4, 0.5) is 0 Å². The molecule has 0 saturated heterocycles. The second-order valence-electron chi connectivity index (χ2n) is 3.38. The summed E-state index contributed by atoms with van der Waals surface area (Å²) in [6.07, 6.45) is 1.78. The normalized spacial score (nSPS) is 11.4. The van der Waals surface area contributed by atoms with Crippen molar-refractivity contribution in [1.29, 1.82) is 0 Å². The molecule has 4 nitrogen and oxygen atoms in total. The minimum absolute atomic E-state index is 0.603. The van der Waals surface area contributed by atoms with Crippen LogP contribution in [0.25, 0.3) is 6.08 Å². The molecule has 0 bridgehead atoms. The fourth-order valence-corrected chi connectivity index (χ4v) is 2.11. The average molecular weight is 254 g/mol. The zero-order valence-corrected chi connectivity index (χ0v) is 10.7. The molecule has 0 unspecified atom stereocenters. The topological polar surface area (TPSA) is 52.6 Å². The van der Waals surface area contributed by atoms with Gasteiger partial charge in [-0.15, -0.1) is 11.3 Å². The summed E-state index contributed by atoms with van der Waals surface area (Å²) in [6.45, 7) is 1.71. The standard InChI is InChI=1S/C12H14O4S/c1-8(7-9-5-4-6-17-9)10(11(13)15-2)12(14)16-3/h4-7,10H,1-3H3/b8-7-. The Hall–Kier alpha value is -1.62. The van der Waals surface area contributed by atoms with Gasteiger partial charge in [0.25, 0.3) is 0 Å². The molecule has 92 valence electrons. The lowest BCUT2D eigenvalue weighted by molar-refractivity contribution is -0.156. The van der Waals surface area contributed by atoms with Crippen LogP contribution in [-0.4, -0.2) is 26.2 Å². The lowest BCUT2D eigenvalue weighted by Gasteiger charge is -2.12. The SMILES string of the molecule is COC(=O)C(C(=O)OC)/C(C)=C\c1cccs1. The largest absolute Gasteiger partial charge is 0.468 e. The Balaban J connectivity index is 2.98. The van der Waals surface area contributed by atoms with Gasteiger partial charge < -0.3 is 9.47 Å². The molecule has 0 aliphatic rings. The maximum atomic E-state index is 11.5. The zero-order valence-electron chi connectivity index (χ0n) is 9.93. The monoisotopic (exact) mass is 254 g/mol. The maximum Gasteiger partial charge on any atom is 0.324 e. The molecule has 0 radical (unpaired) electrons. The molecule has 1 rings (SSSR count). The highest BCUT2D eigenvalue weighted by molar-refractivity contribution is 7.10. The van der Waals surface area contributed by atoms with Crippen molar-refractivity contribution in [2.75, 3.05) is 14.2 Å². The summed E-state index contributed by atoms with van der Waals surface area (Å²) in [6, 6.07) is 3.80. The number of carbonyl (C=O) groups excluding carboxylic acids is 2. The van der Waals surface area contributed by atoms with Gasteiger partial charge in [-0.25, -0.2) is 0 Å². The van der Waals surface area contributed by atoms with E-state index in [0.717, 1.165) is 4.88 Å². The van der Waals surface area contributed by atoms with Crippen molar-refractivity contribution in [2.45, 2.75) is 6.92 Å². The van der Waals surface area contributed by atoms with Gasteiger partial charge in [-0.1, -0.05) is 6.07 Å². The summed E-state index contributed by atoms with van der Waals surface area (Å²) in [5, 5.41) is 1.92. The van der Waals surface area contributed by atoms with E-state index < -0.39 is 17.9 Å². The summed E-state index contributed by atoms with van der Waals surface area (Å²) in [5.41, 5.74) is 0.603. The number of esters is 2. The minimum atomic E-state index is -0.993. The first-order valence-electron chi connectivity index (χ1n) is 4.97. The van der Waals surface area contributed by atoms with E-state index in [2.05, 4.69) is 9.47 Å². The molecule has 0 N–H and O–H groups in total. The highest BCUT2D eigenvalue weighted by Gasteiger charge is 2.30. The third kappa shape index (κ3) is 3.42. The number of rotatable bonds is 4. The molecular formula is C12H14O4S. The van der Waals surface area contributed by atoms with E-state index in [1.54, 1.807) is 13.0 Å². The van der Waals surface area contributed by atoms with Gasteiger partial charge in [-0.2, -0.15) is 0 Å². The van der Waals surface area contributed by atoms with Crippen LogP contribution in [0, 0.1) is 5.92 Å². The molecule has 1 aromatic rings. The van der Waals surface area contributed by atoms with Crippen LogP contribution < -0.4 is 0 Å². The minimum Gasteiger partial charge on any atom is -0.468 e. The van der Waals surface area contributed by atoms with E-state index >= 15 is 0 Å². The lowest BCUT2D eigenvalue weighted by Crippen LogP contribution is -2.27. The van der Waals surface area contributed by atoms with Crippen molar-refractivity contribution < 1.29 is 19.1 Å². The average Bonchev–Trinajstić information content (AvgIpc) is 2.81. The van der Waals surface area contributed by atoms with Crippen molar-refractivity contribution in [2.24, 2.45) is 5.92 Å². The molecule has 0 aliphatic carbocycles. The van der Waals surface area contributed by atoms with Crippen molar-refractivity contribution in [3.8, 4) is 0 Å². The Kier molecular flexibility index (Phi) is 4.90. The third-order valence-electron chi connectivity index (χ3n) is 2.24. The molecule has 5 heteroatoms. The van der Waals surface area contributed by atoms with Crippen LogP contribution in [0.2, 0.25) is 0 Å². The predicted molar refractivity (Wildman–Crippen MR) is 65.5 cm³/mol. The Morgan fingerprint density at radius 2 is 1.88 bits per heavy atom. The Labute approximate surface area is 104 Å². The number of carbonyl (C=O) groups is 2. The van der Waals surface area contributed by atoms with Crippen molar-refractivity contribution in [3.05, 3.63) is 28.0 Å². The first-order valence-corrected chi connectivity index (χ1v) is 5.85. The van der Waals surface area contributed by atoms with E-state index in [1.165, 1.54) is 25.6 Å². The van der Waals surface area contributed by atoms with Gasteiger partial charge in [0.2, 0.25) is 0 Å². The van der Waals surface area contributed by atoms with Gasteiger partial charge >= 0.3 is 11.9 Å². The van der Waals surface area contributed by atoms with Crippen molar-refractivity contribution >= 4 is 29.4 Å². The number of methoxy groups -OCH3 is 2. The van der Waals surface area contributed by atoms with E-state index in [0.29, 0.717) is 5.57 Å². The first-order chi connectivity index (χ1) is 8.10. The van der Waals surface area contributed by atoms with E-state index in [-0.39, 0.29) is 0 Å². The van der Waals surface area contributed by atoms with Gasteiger partial charge in [-0.05, 0) is 30.0 Å². The number of hydrogen-bond acceptors (Lipinski definition) is 5. The molecule has 0 aliphatic heterocycles. The van der Waals surface area contributed by atoms with Gasteiger partial charge in [0.05, 0.1) is 14.2 Å². The van der Waals surface area contributed by atoms with E-state index in [9.17, 15) is 9.59 Å². The van der Waals surface area contributed by atoms with Crippen LogP contribution in [0.3, 0.4) is 0 Å². The second kappa shape index (κ2) is 6.20. The van der Waals surface area contributed by atoms with Crippen molar-refractivity contribution in [1.82, 2.24) is 0 Å². The Bertz CT molecular complexity index is 404. The third-order valence-corrected chi connectivity index (χ3v) is 3.06. The van der Waals surface area contributed by atoms with Gasteiger partial charge in [0.15, 0.2) is 5.92 Å². The summed E-state index contributed by atoms with van der Waals surface area (Å²) in [5.74, 6) is -2.21. The molecular weight excluding hydrogens is 240 g/mol. The highest BCUT2D eigenvalue weighted by atomic mass is 32.1. The zero-order chi connectivity index (χ0) is 12.8. The Morgan fingerprint density at radius 3 is 2.29 bits per heavy atom. The quantitative estimate of drug-likeness (QED) is 0.610. The summed E-state index contributed by atoms with van der Waals surface area (Å²) in [4.78, 5) is 24.0. The van der Waals surface area contributed by atoms with Crippen molar-refractivity contribution in [3.63, 3.8) is 0 Å². The van der Waals surface area contributed by atoms with Crippen LogP contribution in [0.1, 0.15) is 11.8 Å². The number of thiophene rings is 1. The molecule has 0 atom stereocenters. The summed E-state index contributed by atoms with van der Waals surface area (Å²) in [7, 11) is 2.49. The molecule has 17 heavy (non-hydrogen) atoms.